The highest BCUT2D eigenvalue weighted by atomic mass is 16.5. The molecule has 1 aliphatic rings. The van der Waals surface area contributed by atoms with E-state index < -0.39 is 5.97 Å². The van der Waals surface area contributed by atoms with Crippen molar-refractivity contribution < 1.29 is 14.3 Å². The molecule has 104 valence electrons. The first-order valence-electron chi connectivity index (χ1n) is 6.40. The Labute approximate surface area is 113 Å². The Kier molecular flexibility index (Phi) is 4.39. The standard InChI is InChI=1S/C14H20N2O3/c1-10-9-19-6-5-16(10)8-11-3-4-13(15)12(7-11)14(17)18-2/h3-4,7,10H,5-6,8-9,15H2,1-2H3. The summed E-state index contributed by atoms with van der Waals surface area (Å²) < 4.78 is 10.1. The summed E-state index contributed by atoms with van der Waals surface area (Å²) in [7, 11) is 1.36. The molecule has 0 aromatic heterocycles. The van der Waals surface area contributed by atoms with Gasteiger partial charge in [-0.1, -0.05) is 6.07 Å². The minimum Gasteiger partial charge on any atom is -0.465 e. The minimum atomic E-state index is -0.394. The van der Waals surface area contributed by atoms with Gasteiger partial charge in [-0.2, -0.15) is 0 Å². The zero-order chi connectivity index (χ0) is 13.8. The lowest BCUT2D eigenvalue weighted by atomic mass is 10.1. The van der Waals surface area contributed by atoms with Gasteiger partial charge < -0.3 is 15.2 Å². The molecule has 1 atom stereocenters. The Morgan fingerprint density at radius 1 is 1.58 bits per heavy atom. The molecule has 1 aromatic rings. The number of esters is 1. The summed E-state index contributed by atoms with van der Waals surface area (Å²) in [6, 6.07) is 5.90. The van der Waals surface area contributed by atoms with Crippen molar-refractivity contribution in [1.29, 1.82) is 0 Å². The van der Waals surface area contributed by atoms with Crippen molar-refractivity contribution in [2.45, 2.75) is 19.5 Å². The molecule has 5 nitrogen and oxygen atoms in total. The molecule has 0 aliphatic carbocycles. The number of hydrogen-bond acceptors (Lipinski definition) is 5. The van der Waals surface area contributed by atoms with Gasteiger partial charge in [0.05, 0.1) is 25.9 Å². The summed E-state index contributed by atoms with van der Waals surface area (Å²) in [6.07, 6.45) is 0. The zero-order valence-electron chi connectivity index (χ0n) is 11.4. The zero-order valence-corrected chi connectivity index (χ0v) is 11.4. The topological polar surface area (TPSA) is 64.8 Å². The molecule has 1 saturated heterocycles. The molecule has 0 bridgehead atoms. The SMILES string of the molecule is COC(=O)c1cc(CN2CCOCC2C)ccc1N. The fourth-order valence-electron chi connectivity index (χ4n) is 2.22. The van der Waals surface area contributed by atoms with Gasteiger partial charge >= 0.3 is 5.97 Å². The van der Waals surface area contributed by atoms with Crippen LogP contribution in [0.25, 0.3) is 0 Å². The Hall–Kier alpha value is -1.59. The van der Waals surface area contributed by atoms with Crippen LogP contribution in [-0.4, -0.2) is 43.8 Å². The average molecular weight is 264 g/mol. The predicted octanol–water partition coefficient (Wildman–Crippen LogP) is 1.28. The summed E-state index contributed by atoms with van der Waals surface area (Å²) in [5.74, 6) is -0.394. The van der Waals surface area contributed by atoms with Crippen molar-refractivity contribution in [2.75, 3.05) is 32.6 Å². The van der Waals surface area contributed by atoms with Gasteiger partial charge in [-0.25, -0.2) is 4.79 Å². The third-order valence-corrected chi connectivity index (χ3v) is 3.41. The molecular weight excluding hydrogens is 244 g/mol. The number of carbonyl (C=O) groups is 1. The third-order valence-electron chi connectivity index (χ3n) is 3.41. The van der Waals surface area contributed by atoms with E-state index in [-0.39, 0.29) is 0 Å². The number of anilines is 1. The number of methoxy groups -OCH3 is 1. The highest BCUT2D eigenvalue weighted by Gasteiger charge is 2.19. The van der Waals surface area contributed by atoms with E-state index in [1.54, 1.807) is 6.07 Å². The first kappa shape index (κ1) is 13.8. The second-order valence-electron chi connectivity index (χ2n) is 4.81. The third kappa shape index (κ3) is 3.24. The predicted molar refractivity (Wildman–Crippen MR) is 72.9 cm³/mol. The summed E-state index contributed by atoms with van der Waals surface area (Å²) in [5, 5.41) is 0. The number of benzene rings is 1. The number of nitrogens with two attached hydrogens (primary N) is 1. The highest BCUT2D eigenvalue weighted by molar-refractivity contribution is 5.95. The van der Waals surface area contributed by atoms with Crippen molar-refractivity contribution in [1.82, 2.24) is 4.90 Å². The Morgan fingerprint density at radius 2 is 2.37 bits per heavy atom. The van der Waals surface area contributed by atoms with Gasteiger partial charge in [-0.05, 0) is 24.6 Å². The maximum absolute atomic E-state index is 11.6. The van der Waals surface area contributed by atoms with Crippen LogP contribution in [0.3, 0.4) is 0 Å². The fourth-order valence-corrected chi connectivity index (χ4v) is 2.22. The average Bonchev–Trinajstić information content (AvgIpc) is 2.42. The smallest absolute Gasteiger partial charge is 0.339 e. The van der Waals surface area contributed by atoms with Gasteiger partial charge in [-0.3, -0.25) is 4.90 Å². The normalized spacial score (nSPS) is 20.2. The molecule has 2 rings (SSSR count). The van der Waals surface area contributed by atoms with Gasteiger partial charge in [0.15, 0.2) is 0 Å². The van der Waals surface area contributed by atoms with Crippen LogP contribution < -0.4 is 5.73 Å². The molecule has 1 heterocycles. The maximum atomic E-state index is 11.6. The Balaban J connectivity index is 2.14. The summed E-state index contributed by atoms with van der Waals surface area (Å²) in [6.45, 7) is 5.33. The maximum Gasteiger partial charge on any atom is 0.339 e. The highest BCUT2D eigenvalue weighted by Crippen LogP contribution is 2.18. The van der Waals surface area contributed by atoms with Crippen molar-refractivity contribution in [2.24, 2.45) is 0 Å². The summed E-state index contributed by atoms with van der Waals surface area (Å²) >= 11 is 0. The molecule has 2 N–H and O–H groups in total. The van der Waals surface area contributed by atoms with Crippen LogP contribution in [-0.2, 0) is 16.0 Å². The summed E-state index contributed by atoms with van der Waals surface area (Å²) in [5.41, 5.74) is 7.73. The van der Waals surface area contributed by atoms with Crippen molar-refractivity contribution >= 4 is 11.7 Å². The molecule has 1 aliphatic heterocycles. The lowest BCUT2D eigenvalue weighted by Crippen LogP contribution is -2.42. The first-order valence-corrected chi connectivity index (χ1v) is 6.40. The summed E-state index contributed by atoms with van der Waals surface area (Å²) in [4.78, 5) is 13.9. The monoisotopic (exact) mass is 264 g/mol. The number of rotatable bonds is 3. The number of hydrogen-bond donors (Lipinski definition) is 1. The molecule has 1 fully saturated rings. The molecule has 1 aromatic carbocycles. The van der Waals surface area contributed by atoms with Crippen molar-refractivity contribution in [3.8, 4) is 0 Å². The molecular formula is C14H20N2O3. The molecule has 0 amide bonds. The number of nitrogens with zero attached hydrogens (tertiary/aromatic N) is 1. The van der Waals surface area contributed by atoms with E-state index in [0.717, 1.165) is 31.9 Å². The van der Waals surface area contributed by atoms with E-state index in [9.17, 15) is 4.79 Å². The van der Waals surface area contributed by atoms with E-state index in [0.29, 0.717) is 17.3 Å². The number of morpholine rings is 1. The van der Waals surface area contributed by atoms with Gasteiger partial charge in [0.2, 0.25) is 0 Å². The van der Waals surface area contributed by atoms with Crippen LogP contribution in [0.1, 0.15) is 22.8 Å². The number of ether oxygens (including phenoxy) is 2. The minimum absolute atomic E-state index is 0.382. The van der Waals surface area contributed by atoms with E-state index in [1.165, 1.54) is 7.11 Å². The molecule has 19 heavy (non-hydrogen) atoms. The van der Waals surface area contributed by atoms with Crippen LogP contribution in [0.2, 0.25) is 0 Å². The van der Waals surface area contributed by atoms with Crippen LogP contribution >= 0.6 is 0 Å². The molecule has 0 saturated carbocycles. The second-order valence-corrected chi connectivity index (χ2v) is 4.81. The lowest BCUT2D eigenvalue weighted by Gasteiger charge is -2.33. The van der Waals surface area contributed by atoms with E-state index in [2.05, 4.69) is 11.8 Å². The van der Waals surface area contributed by atoms with Gasteiger partial charge in [0.1, 0.15) is 0 Å². The van der Waals surface area contributed by atoms with Crippen LogP contribution in [0.5, 0.6) is 0 Å². The van der Waals surface area contributed by atoms with Gasteiger partial charge in [0.25, 0.3) is 0 Å². The number of carbonyl (C=O) groups excluding carboxylic acids is 1. The molecule has 5 heteroatoms. The van der Waals surface area contributed by atoms with E-state index in [4.69, 9.17) is 15.2 Å². The second kappa shape index (κ2) is 6.04. The Morgan fingerprint density at radius 3 is 3.05 bits per heavy atom. The molecule has 0 spiro atoms. The Bertz CT molecular complexity index is 462. The van der Waals surface area contributed by atoms with Crippen molar-refractivity contribution in [3.05, 3.63) is 29.3 Å². The molecule has 0 radical (unpaired) electrons. The lowest BCUT2D eigenvalue weighted by molar-refractivity contribution is -0.00438. The molecule has 1 unspecified atom stereocenters. The first-order chi connectivity index (χ1) is 9.11. The van der Waals surface area contributed by atoms with Crippen LogP contribution in [0.4, 0.5) is 5.69 Å². The van der Waals surface area contributed by atoms with E-state index in [1.807, 2.05) is 12.1 Å². The van der Waals surface area contributed by atoms with Gasteiger partial charge in [-0.15, -0.1) is 0 Å². The van der Waals surface area contributed by atoms with E-state index >= 15 is 0 Å². The van der Waals surface area contributed by atoms with Gasteiger partial charge in [0, 0.05) is 24.8 Å². The largest absolute Gasteiger partial charge is 0.465 e. The quantitative estimate of drug-likeness (QED) is 0.658. The number of nitrogen functional groups attached to an aromatic ring is 1. The van der Waals surface area contributed by atoms with Crippen molar-refractivity contribution in [3.63, 3.8) is 0 Å². The van der Waals surface area contributed by atoms with Crippen LogP contribution in [0.15, 0.2) is 18.2 Å². The van der Waals surface area contributed by atoms with Crippen LogP contribution in [0, 0.1) is 0 Å². The fraction of sp³-hybridized carbons (Fsp3) is 0.500.